The van der Waals surface area contributed by atoms with E-state index in [2.05, 4.69) is 0 Å². The van der Waals surface area contributed by atoms with E-state index in [0.717, 1.165) is 12.8 Å². The lowest BCUT2D eigenvalue weighted by Crippen LogP contribution is -2.51. The van der Waals surface area contributed by atoms with Crippen molar-refractivity contribution < 1.29 is 19.2 Å². The normalized spacial score (nSPS) is 17.8. The van der Waals surface area contributed by atoms with Crippen molar-refractivity contribution in [3.8, 4) is 0 Å². The molecule has 0 spiro atoms. The summed E-state index contributed by atoms with van der Waals surface area (Å²) in [5.74, 6) is -0.254. The lowest BCUT2D eigenvalue weighted by Gasteiger charge is -2.35. The molecule has 7 nitrogen and oxygen atoms in total. The van der Waals surface area contributed by atoms with E-state index in [-0.39, 0.29) is 29.5 Å². The third-order valence-electron chi connectivity index (χ3n) is 4.61. The van der Waals surface area contributed by atoms with Gasteiger partial charge in [-0.05, 0) is 12.8 Å². The molecule has 0 bridgehead atoms. The average molecular weight is 349 g/mol. The van der Waals surface area contributed by atoms with Crippen molar-refractivity contribution in [2.45, 2.75) is 39.5 Å². The van der Waals surface area contributed by atoms with Gasteiger partial charge in [-0.25, -0.2) is 0 Å². The highest BCUT2D eigenvalue weighted by molar-refractivity contribution is 6.12. The lowest BCUT2D eigenvalue weighted by atomic mass is 10.1. The molecule has 0 aromatic heterocycles. The fourth-order valence-corrected chi connectivity index (χ4v) is 3.07. The summed E-state index contributed by atoms with van der Waals surface area (Å²) in [7, 11) is 0. The molecule has 0 radical (unpaired) electrons. The number of carbonyl (C=O) groups excluding carboxylic acids is 4. The molecule has 0 aliphatic carbocycles. The second-order valence-corrected chi connectivity index (χ2v) is 6.83. The van der Waals surface area contributed by atoms with Crippen molar-refractivity contribution in [1.29, 1.82) is 0 Å². The van der Waals surface area contributed by atoms with Crippen LogP contribution in [0.3, 0.4) is 0 Å². The number of hydrogen-bond acceptors (Lipinski definition) is 4. The zero-order valence-corrected chi connectivity index (χ0v) is 15.1. The molecule has 2 aliphatic rings. The highest BCUT2D eigenvalue weighted by Crippen LogP contribution is 2.11. The van der Waals surface area contributed by atoms with Crippen LogP contribution in [0.1, 0.15) is 39.5 Å². The smallest absolute Gasteiger partial charge is 0.253 e. The van der Waals surface area contributed by atoms with Crippen LogP contribution in [0.4, 0.5) is 0 Å². The molecule has 0 N–H and O–H groups in total. The van der Waals surface area contributed by atoms with E-state index >= 15 is 0 Å². The number of amides is 4. The van der Waals surface area contributed by atoms with Crippen LogP contribution in [0.2, 0.25) is 0 Å². The van der Waals surface area contributed by atoms with Gasteiger partial charge in [0.15, 0.2) is 0 Å². The summed E-state index contributed by atoms with van der Waals surface area (Å²) >= 11 is 0. The summed E-state index contributed by atoms with van der Waals surface area (Å²) in [6.07, 6.45) is 5.30. The molecule has 0 aromatic rings. The summed E-state index contributed by atoms with van der Waals surface area (Å²) in [6.45, 7) is 6.59. The van der Waals surface area contributed by atoms with Gasteiger partial charge in [-0.15, -0.1) is 0 Å². The number of piperazine rings is 1. The minimum Gasteiger partial charge on any atom is -0.339 e. The lowest BCUT2D eigenvalue weighted by molar-refractivity contribution is -0.141. The van der Waals surface area contributed by atoms with Gasteiger partial charge in [-0.3, -0.25) is 24.1 Å². The van der Waals surface area contributed by atoms with E-state index in [9.17, 15) is 19.2 Å². The maximum Gasteiger partial charge on any atom is 0.253 e. The fourth-order valence-electron chi connectivity index (χ4n) is 3.07. The van der Waals surface area contributed by atoms with Crippen molar-refractivity contribution in [2.75, 3.05) is 32.7 Å². The van der Waals surface area contributed by atoms with E-state index in [1.54, 1.807) is 0 Å². The van der Waals surface area contributed by atoms with Gasteiger partial charge in [0.05, 0.1) is 0 Å². The molecular formula is C18H27N3O4. The molecule has 2 heterocycles. The van der Waals surface area contributed by atoms with Crippen LogP contribution in [0.15, 0.2) is 12.2 Å². The highest BCUT2D eigenvalue weighted by atomic mass is 16.2. The number of rotatable bonds is 7. The Labute approximate surface area is 148 Å². The Hall–Kier alpha value is -2.18. The fraction of sp³-hybridized carbons (Fsp3) is 0.667. The van der Waals surface area contributed by atoms with Crippen LogP contribution in [0.5, 0.6) is 0 Å². The number of imide groups is 1. The topological polar surface area (TPSA) is 78.0 Å². The van der Waals surface area contributed by atoms with Gasteiger partial charge >= 0.3 is 0 Å². The van der Waals surface area contributed by atoms with Gasteiger partial charge in [-0.2, -0.15) is 0 Å². The number of nitrogens with zero attached hydrogens (tertiary/aromatic N) is 3. The first-order valence-electron chi connectivity index (χ1n) is 9.00. The third kappa shape index (κ3) is 5.14. The molecule has 0 aromatic carbocycles. The predicted molar refractivity (Wildman–Crippen MR) is 92.3 cm³/mol. The molecule has 4 amide bonds. The van der Waals surface area contributed by atoms with Crippen LogP contribution < -0.4 is 0 Å². The summed E-state index contributed by atoms with van der Waals surface area (Å²) in [5.41, 5.74) is 0. The van der Waals surface area contributed by atoms with Crippen molar-refractivity contribution >= 4 is 23.6 Å². The van der Waals surface area contributed by atoms with Crippen molar-refractivity contribution in [3.63, 3.8) is 0 Å². The van der Waals surface area contributed by atoms with E-state index in [4.69, 9.17) is 0 Å². The first kappa shape index (κ1) is 19.1. The van der Waals surface area contributed by atoms with Gasteiger partial charge in [0, 0.05) is 57.2 Å². The summed E-state index contributed by atoms with van der Waals surface area (Å²) in [4.78, 5) is 51.9. The zero-order chi connectivity index (χ0) is 18.4. The number of unbranched alkanes of at least 4 members (excludes halogenated alkanes) is 2. The maximum atomic E-state index is 12.2. The van der Waals surface area contributed by atoms with E-state index in [1.165, 1.54) is 17.1 Å². The van der Waals surface area contributed by atoms with E-state index < -0.39 is 0 Å². The van der Waals surface area contributed by atoms with Gasteiger partial charge in [0.1, 0.15) is 0 Å². The highest BCUT2D eigenvalue weighted by Gasteiger charge is 2.25. The molecule has 0 unspecified atom stereocenters. The van der Waals surface area contributed by atoms with Crippen LogP contribution in [-0.4, -0.2) is 71.1 Å². The average Bonchev–Trinajstić information content (AvgIpc) is 2.92. The number of carbonyl (C=O) groups is 4. The molecule has 0 saturated carbocycles. The monoisotopic (exact) mass is 349 g/mol. The Morgan fingerprint density at radius 2 is 1.48 bits per heavy atom. The molecule has 25 heavy (non-hydrogen) atoms. The standard InChI is InChI=1S/C18H27N3O4/c1-14(2)18(25)20-12-10-19(11-13-20)15(22)6-4-3-5-9-21-16(23)7-8-17(21)24/h7-8,14H,3-6,9-13H2,1-2H3. The Balaban J connectivity index is 1.59. The third-order valence-corrected chi connectivity index (χ3v) is 4.61. The van der Waals surface area contributed by atoms with Gasteiger partial charge < -0.3 is 9.80 Å². The van der Waals surface area contributed by atoms with Crippen molar-refractivity contribution in [1.82, 2.24) is 14.7 Å². The van der Waals surface area contributed by atoms with E-state index in [1.807, 2.05) is 23.6 Å². The second kappa shape index (κ2) is 8.78. The minimum absolute atomic E-state index is 0.00757. The Bertz CT molecular complexity index is 545. The van der Waals surface area contributed by atoms with Gasteiger partial charge in [0.2, 0.25) is 11.8 Å². The Morgan fingerprint density at radius 1 is 0.920 bits per heavy atom. The van der Waals surface area contributed by atoms with E-state index in [0.29, 0.717) is 45.6 Å². The first-order valence-corrected chi connectivity index (χ1v) is 9.00. The molecule has 1 saturated heterocycles. The molecule has 2 rings (SSSR count). The van der Waals surface area contributed by atoms with Crippen LogP contribution in [0.25, 0.3) is 0 Å². The second-order valence-electron chi connectivity index (χ2n) is 6.83. The van der Waals surface area contributed by atoms with Crippen molar-refractivity contribution in [3.05, 3.63) is 12.2 Å². The molecule has 1 fully saturated rings. The number of hydrogen-bond donors (Lipinski definition) is 0. The van der Waals surface area contributed by atoms with Crippen LogP contribution in [-0.2, 0) is 19.2 Å². The Morgan fingerprint density at radius 3 is 2.04 bits per heavy atom. The molecular weight excluding hydrogens is 322 g/mol. The molecule has 138 valence electrons. The van der Waals surface area contributed by atoms with Crippen LogP contribution >= 0.6 is 0 Å². The summed E-state index contributed by atoms with van der Waals surface area (Å²) in [6, 6.07) is 0. The quantitative estimate of drug-likeness (QED) is 0.503. The summed E-state index contributed by atoms with van der Waals surface area (Å²) < 4.78 is 0. The summed E-state index contributed by atoms with van der Waals surface area (Å²) in [5, 5.41) is 0. The van der Waals surface area contributed by atoms with Gasteiger partial charge in [-0.1, -0.05) is 20.3 Å². The molecule has 7 heteroatoms. The largest absolute Gasteiger partial charge is 0.339 e. The van der Waals surface area contributed by atoms with Gasteiger partial charge in [0.25, 0.3) is 11.8 Å². The predicted octanol–water partition coefficient (Wildman–Crippen LogP) is 0.799. The molecule has 2 aliphatic heterocycles. The van der Waals surface area contributed by atoms with Crippen LogP contribution in [0, 0.1) is 5.92 Å². The zero-order valence-electron chi connectivity index (χ0n) is 15.1. The minimum atomic E-state index is -0.255. The molecule has 0 atom stereocenters. The first-order chi connectivity index (χ1) is 11.9. The Kier molecular flexibility index (Phi) is 6.73. The SMILES string of the molecule is CC(C)C(=O)N1CCN(C(=O)CCCCCN2C(=O)C=CC2=O)CC1. The maximum absolute atomic E-state index is 12.2. The van der Waals surface area contributed by atoms with Crippen molar-refractivity contribution in [2.24, 2.45) is 5.92 Å².